The summed E-state index contributed by atoms with van der Waals surface area (Å²) < 4.78 is 4.75. The third-order valence-corrected chi connectivity index (χ3v) is 1.77. The monoisotopic (exact) mass is 196 g/mol. The van der Waals surface area contributed by atoms with E-state index in [2.05, 4.69) is 12.2 Å². The van der Waals surface area contributed by atoms with E-state index >= 15 is 0 Å². The smallest absolute Gasteiger partial charge is 0.330 e. The largest absolute Gasteiger partial charge is 0.463 e. The summed E-state index contributed by atoms with van der Waals surface area (Å²) in [6.45, 7) is 4.29. The van der Waals surface area contributed by atoms with Gasteiger partial charge in [0.2, 0.25) is 0 Å². The van der Waals surface area contributed by atoms with Crippen LogP contribution in [0.25, 0.3) is 0 Å². The molecule has 0 bridgehead atoms. The first-order valence-electron chi connectivity index (χ1n) is 5.25. The normalized spacial score (nSPS) is 11.3. The van der Waals surface area contributed by atoms with E-state index in [4.69, 9.17) is 4.74 Å². The summed E-state index contributed by atoms with van der Waals surface area (Å²) in [6, 6.07) is 0. The fourth-order valence-corrected chi connectivity index (χ4v) is 1.06. The lowest BCUT2D eigenvalue weighted by atomic mass is 10.2. The minimum Gasteiger partial charge on any atom is -0.463 e. The molecule has 0 aliphatic heterocycles. The average molecular weight is 196 g/mol. The van der Waals surface area contributed by atoms with E-state index in [1.54, 1.807) is 0 Å². The van der Waals surface area contributed by atoms with Gasteiger partial charge in [0, 0.05) is 6.08 Å². The number of ether oxygens (including phenoxy) is 1. The molecule has 0 aromatic rings. The predicted molar refractivity (Wildman–Crippen MR) is 59.1 cm³/mol. The van der Waals surface area contributed by atoms with Crippen molar-refractivity contribution in [1.82, 2.24) is 0 Å². The van der Waals surface area contributed by atoms with Crippen molar-refractivity contribution in [1.29, 1.82) is 0 Å². The zero-order chi connectivity index (χ0) is 10.6. The lowest BCUT2D eigenvalue weighted by molar-refractivity contribution is -0.137. The molecular formula is C12H20O2. The Morgan fingerprint density at radius 3 is 2.43 bits per heavy atom. The van der Waals surface area contributed by atoms with Crippen LogP contribution in [-0.2, 0) is 9.53 Å². The molecule has 2 nitrogen and oxygen atoms in total. The van der Waals surface area contributed by atoms with Gasteiger partial charge in [-0.3, -0.25) is 0 Å². The number of allylic oxidation sites excluding steroid dienone is 3. The minimum absolute atomic E-state index is 0.235. The first-order chi connectivity index (χ1) is 6.81. The van der Waals surface area contributed by atoms with Crippen LogP contribution in [0.15, 0.2) is 24.3 Å². The number of hydrogen-bond donors (Lipinski definition) is 0. The summed E-state index contributed by atoms with van der Waals surface area (Å²) >= 11 is 0. The minimum atomic E-state index is -0.235. The number of carbonyl (C=O) groups is 1. The highest BCUT2D eigenvalue weighted by atomic mass is 16.5. The topological polar surface area (TPSA) is 26.3 Å². The third-order valence-electron chi connectivity index (χ3n) is 1.77. The fourth-order valence-electron chi connectivity index (χ4n) is 1.06. The molecule has 0 aliphatic rings. The van der Waals surface area contributed by atoms with E-state index in [1.807, 2.05) is 19.9 Å². The summed E-state index contributed by atoms with van der Waals surface area (Å²) in [5.41, 5.74) is 0. The molecule has 0 heterocycles. The second-order valence-electron chi connectivity index (χ2n) is 3.01. The quantitative estimate of drug-likeness (QED) is 0.270. The maximum atomic E-state index is 10.9. The highest BCUT2D eigenvalue weighted by Crippen LogP contribution is 2.01. The Balaban J connectivity index is 3.30. The highest BCUT2D eigenvalue weighted by molar-refractivity contribution is 5.81. The Morgan fingerprint density at radius 2 is 1.86 bits per heavy atom. The van der Waals surface area contributed by atoms with E-state index in [9.17, 15) is 4.79 Å². The van der Waals surface area contributed by atoms with Crippen molar-refractivity contribution < 1.29 is 9.53 Å². The first-order valence-corrected chi connectivity index (χ1v) is 5.25. The van der Waals surface area contributed by atoms with Crippen molar-refractivity contribution >= 4 is 5.97 Å². The number of unbranched alkanes of at least 4 members (excludes halogenated alkanes) is 3. The average Bonchev–Trinajstić information content (AvgIpc) is 2.17. The first kappa shape index (κ1) is 12.9. The second-order valence-corrected chi connectivity index (χ2v) is 3.01. The molecule has 0 unspecified atom stereocenters. The Labute approximate surface area is 86.6 Å². The highest BCUT2D eigenvalue weighted by Gasteiger charge is 1.91. The van der Waals surface area contributed by atoms with Gasteiger partial charge in [0.1, 0.15) is 0 Å². The van der Waals surface area contributed by atoms with Gasteiger partial charge < -0.3 is 4.74 Å². The summed E-state index contributed by atoms with van der Waals surface area (Å²) in [6.07, 6.45) is 12.0. The van der Waals surface area contributed by atoms with Crippen LogP contribution in [0, 0.1) is 0 Å². The maximum absolute atomic E-state index is 10.9. The molecule has 0 aliphatic carbocycles. The Bertz CT molecular complexity index is 192. The molecule has 0 saturated heterocycles. The molecular weight excluding hydrogens is 176 g/mol. The van der Waals surface area contributed by atoms with Gasteiger partial charge in [0.05, 0.1) is 6.61 Å². The zero-order valence-corrected chi connectivity index (χ0v) is 9.16. The molecule has 14 heavy (non-hydrogen) atoms. The number of hydrogen-bond acceptors (Lipinski definition) is 2. The zero-order valence-electron chi connectivity index (χ0n) is 9.16. The molecule has 0 rings (SSSR count). The molecule has 0 atom stereocenters. The van der Waals surface area contributed by atoms with Crippen LogP contribution in [0.1, 0.15) is 39.5 Å². The van der Waals surface area contributed by atoms with Gasteiger partial charge in [-0.25, -0.2) is 4.79 Å². The SMILES string of the molecule is C/C=C/CCCC/C=C/C(=O)OCC. The summed E-state index contributed by atoms with van der Waals surface area (Å²) in [4.78, 5) is 10.9. The van der Waals surface area contributed by atoms with Gasteiger partial charge in [-0.15, -0.1) is 0 Å². The van der Waals surface area contributed by atoms with Crippen molar-refractivity contribution in [3.05, 3.63) is 24.3 Å². The van der Waals surface area contributed by atoms with Gasteiger partial charge in [-0.2, -0.15) is 0 Å². The Kier molecular flexibility index (Phi) is 9.28. The summed E-state index contributed by atoms with van der Waals surface area (Å²) in [5.74, 6) is -0.235. The van der Waals surface area contributed by atoms with E-state index in [-0.39, 0.29) is 5.97 Å². The molecule has 0 aromatic heterocycles. The number of rotatable bonds is 7. The molecule has 0 N–H and O–H groups in total. The van der Waals surface area contributed by atoms with Crippen LogP contribution in [-0.4, -0.2) is 12.6 Å². The summed E-state index contributed by atoms with van der Waals surface area (Å²) in [5, 5.41) is 0. The fraction of sp³-hybridized carbons (Fsp3) is 0.583. The van der Waals surface area contributed by atoms with Gasteiger partial charge in [0.15, 0.2) is 0 Å². The molecule has 2 heteroatoms. The van der Waals surface area contributed by atoms with Crippen LogP contribution in [0.4, 0.5) is 0 Å². The molecule has 0 amide bonds. The van der Waals surface area contributed by atoms with Crippen molar-refractivity contribution in [2.75, 3.05) is 6.61 Å². The van der Waals surface area contributed by atoms with E-state index in [0.29, 0.717) is 6.61 Å². The molecule has 0 saturated carbocycles. The van der Waals surface area contributed by atoms with Crippen molar-refractivity contribution in [3.63, 3.8) is 0 Å². The molecule has 80 valence electrons. The Morgan fingerprint density at radius 1 is 1.21 bits per heavy atom. The van der Waals surface area contributed by atoms with Crippen molar-refractivity contribution in [3.8, 4) is 0 Å². The van der Waals surface area contributed by atoms with E-state index < -0.39 is 0 Å². The predicted octanol–water partition coefficient (Wildman–Crippen LogP) is 3.24. The van der Waals surface area contributed by atoms with Crippen LogP contribution < -0.4 is 0 Å². The third kappa shape index (κ3) is 9.04. The van der Waals surface area contributed by atoms with Gasteiger partial charge in [-0.1, -0.05) is 18.2 Å². The second kappa shape index (κ2) is 10.0. The molecule has 0 aromatic carbocycles. The van der Waals surface area contributed by atoms with E-state index in [0.717, 1.165) is 19.3 Å². The van der Waals surface area contributed by atoms with Crippen LogP contribution >= 0.6 is 0 Å². The van der Waals surface area contributed by atoms with Gasteiger partial charge in [-0.05, 0) is 39.5 Å². The lowest BCUT2D eigenvalue weighted by Crippen LogP contribution is -1.98. The van der Waals surface area contributed by atoms with E-state index in [1.165, 1.54) is 12.5 Å². The van der Waals surface area contributed by atoms with Crippen molar-refractivity contribution in [2.45, 2.75) is 39.5 Å². The molecule has 0 spiro atoms. The number of esters is 1. The van der Waals surface area contributed by atoms with Crippen LogP contribution in [0.2, 0.25) is 0 Å². The van der Waals surface area contributed by atoms with Crippen LogP contribution in [0.3, 0.4) is 0 Å². The number of carbonyl (C=O) groups excluding carboxylic acids is 1. The maximum Gasteiger partial charge on any atom is 0.330 e. The molecule has 0 radical (unpaired) electrons. The lowest BCUT2D eigenvalue weighted by Gasteiger charge is -1.95. The van der Waals surface area contributed by atoms with Gasteiger partial charge >= 0.3 is 5.97 Å². The Hall–Kier alpha value is -1.05. The summed E-state index contributed by atoms with van der Waals surface area (Å²) in [7, 11) is 0. The van der Waals surface area contributed by atoms with Crippen molar-refractivity contribution in [2.24, 2.45) is 0 Å². The van der Waals surface area contributed by atoms with Crippen LogP contribution in [0.5, 0.6) is 0 Å². The molecule has 0 fully saturated rings. The standard InChI is InChI=1S/C12H20O2/c1-3-5-6-7-8-9-10-11-12(13)14-4-2/h3,5,10-11H,4,6-9H2,1-2H3/b5-3+,11-10+. The van der Waals surface area contributed by atoms with Gasteiger partial charge in [0.25, 0.3) is 0 Å².